The number of nitrogens with two attached hydrogens (primary N) is 4. The number of rotatable bonds is 17. The number of benzene rings is 2. The lowest BCUT2D eigenvalue weighted by atomic mass is 10.1. The van der Waals surface area contributed by atoms with Crippen LogP contribution in [-0.2, 0) is 22.7 Å². The van der Waals surface area contributed by atoms with Crippen LogP contribution in [0.5, 0.6) is 0 Å². The maximum atomic E-state index is 15.1. The highest BCUT2D eigenvalue weighted by atomic mass is 19.1. The summed E-state index contributed by atoms with van der Waals surface area (Å²) in [4.78, 5) is 40.7. The van der Waals surface area contributed by atoms with Gasteiger partial charge in [0.05, 0.1) is 17.1 Å². The van der Waals surface area contributed by atoms with Crippen LogP contribution in [0.25, 0.3) is 21.9 Å². The van der Waals surface area contributed by atoms with E-state index in [1.165, 1.54) is 12.1 Å². The van der Waals surface area contributed by atoms with E-state index in [2.05, 4.69) is 21.8 Å². The summed E-state index contributed by atoms with van der Waals surface area (Å²) in [7, 11) is 2.81. The average Bonchev–Trinajstić information content (AvgIpc) is 3.41. The van der Waals surface area contributed by atoms with Gasteiger partial charge in [0.2, 0.25) is 5.91 Å². The van der Waals surface area contributed by atoms with Gasteiger partial charge in [0.25, 0.3) is 5.91 Å². The standard InChI is InChI=1S/C32H45F2N11O3/c1-4-5-14-26-41-27-28(21-11-6-7-13-25(21)40-30(27)36)44(26)17-9-8-15-39-31(46)20-18-22(33)29(23(34)19-20)43(3)32(47)24(35)12-10-16-42(2)48-45(37)38/h6-7,11,13,18-19,24H,4-5,8-10,12,14-17,35,37-38H2,1-3H3,(H2,36,40)(H,39,46). The van der Waals surface area contributed by atoms with Gasteiger partial charge >= 0.3 is 0 Å². The Morgan fingerprint density at radius 1 is 1.04 bits per heavy atom. The SMILES string of the molecule is CCCCc1nc2c(N)nc3ccccc3c2n1CCCCNC(=O)c1cc(F)c(N(C)C(=O)C(N)CCCN(C)ON(N)N)c(F)c1. The number of carbonyl (C=O) groups excluding carboxylic acids is 2. The average molecular weight is 670 g/mol. The molecule has 0 radical (unpaired) electrons. The van der Waals surface area contributed by atoms with E-state index in [0.29, 0.717) is 49.0 Å². The number of fused-ring (bicyclic) bond motifs is 3. The van der Waals surface area contributed by atoms with Crippen LogP contribution in [0, 0.1) is 11.6 Å². The zero-order chi connectivity index (χ0) is 35.0. The number of aromatic nitrogens is 3. The third-order valence-electron chi connectivity index (χ3n) is 8.02. The number of nitrogens with one attached hydrogen (secondary N) is 1. The quantitative estimate of drug-likeness (QED) is 0.0629. The summed E-state index contributed by atoms with van der Waals surface area (Å²) in [5.41, 5.74) is 13.9. The van der Waals surface area contributed by atoms with Crippen molar-refractivity contribution in [2.24, 2.45) is 17.4 Å². The number of nitrogen functional groups attached to an aromatic ring is 1. The van der Waals surface area contributed by atoms with Crippen LogP contribution in [0.2, 0.25) is 0 Å². The molecule has 4 rings (SSSR count). The number of aryl methyl sites for hydroxylation is 2. The number of hydroxylamine groups is 2. The minimum absolute atomic E-state index is 0.201. The van der Waals surface area contributed by atoms with Crippen molar-refractivity contribution in [3.63, 3.8) is 0 Å². The number of hydrogen-bond acceptors (Lipinski definition) is 11. The van der Waals surface area contributed by atoms with Crippen molar-refractivity contribution in [3.05, 3.63) is 59.4 Å². The number of likely N-dealkylation sites (N-methyl/N-ethyl adjacent to an activating group) is 1. The molecule has 0 spiro atoms. The molecule has 48 heavy (non-hydrogen) atoms. The Hall–Kier alpha value is -4.32. The molecule has 16 heteroatoms. The smallest absolute Gasteiger partial charge is 0.251 e. The normalized spacial score (nSPS) is 12.4. The zero-order valence-electron chi connectivity index (χ0n) is 27.6. The van der Waals surface area contributed by atoms with Crippen molar-refractivity contribution in [2.75, 3.05) is 37.8 Å². The van der Waals surface area contributed by atoms with Gasteiger partial charge in [-0.05, 0) is 55.6 Å². The summed E-state index contributed by atoms with van der Waals surface area (Å²) in [6, 6.07) is 8.58. The minimum atomic E-state index is -1.06. The van der Waals surface area contributed by atoms with Gasteiger partial charge in [0, 0.05) is 51.1 Å². The van der Waals surface area contributed by atoms with Crippen LogP contribution in [-0.4, -0.2) is 69.9 Å². The lowest BCUT2D eigenvalue weighted by Gasteiger charge is -2.23. The van der Waals surface area contributed by atoms with E-state index >= 15 is 8.78 Å². The molecule has 4 aromatic rings. The van der Waals surface area contributed by atoms with E-state index in [0.717, 1.165) is 58.5 Å². The lowest BCUT2D eigenvalue weighted by molar-refractivity contribution is -0.321. The molecule has 1 unspecified atom stereocenters. The number of unbranched alkanes of at least 4 members (excludes halogenated alkanes) is 2. The van der Waals surface area contributed by atoms with E-state index in [1.54, 1.807) is 7.05 Å². The molecule has 0 aliphatic rings. The van der Waals surface area contributed by atoms with Crippen molar-refractivity contribution in [1.82, 2.24) is 30.2 Å². The number of carbonyl (C=O) groups is 2. The summed E-state index contributed by atoms with van der Waals surface area (Å²) in [6.07, 6.45) is 4.72. The fourth-order valence-corrected chi connectivity index (χ4v) is 5.61. The largest absolute Gasteiger partial charge is 0.382 e. The minimum Gasteiger partial charge on any atom is -0.382 e. The zero-order valence-corrected chi connectivity index (χ0v) is 27.6. The van der Waals surface area contributed by atoms with Crippen molar-refractivity contribution in [2.45, 2.75) is 64.5 Å². The first-order valence-electron chi connectivity index (χ1n) is 15.9. The molecular weight excluding hydrogens is 624 g/mol. The maximum absolute atomic E-state index is 15.1. The molecule has 0 saturated carbocycles. The number of para-hydroxylation sites is 1. The third kappa shape index (κ3) is 8.77. The Kier molecular flexibility index (Phi) is 12.7. The Bertz CT molecular complexity index is 1710. The fraction of sp³-hybridized carbons (Fsp3) is 0.438. The maximum Gasteiger partial charge on any atom is 0.251 e. The highest BCUT2D eigenvalue weighted by molar-refractivity contribution is 6.06. The fourth-order valence-electron chi connectivity index (χ4n) is 5.61. The predicted octanol–water partition coefficient (Wildman–Crippen LogP) is 2.90. The number of pyridine rings is 1. The Morgan fingerprint density at radius 3 is 2.44 bits per heavy atom. The molecule has 0 saturated heterocycles. The number of hydrogen-bond donors (Lipinski definition) is 5. The first-order valence-corrected chi connectivity index (χ1v) is 15.9. The highest BCUT2D eigenvalue weighted by Crippen LogP contribution is 2.30. The van der Waals surface area contributed by atoms with Crippen molar-refractivity contribution in [1.29, 1.82) is 0 Å². The molecule has 1 atom stereocenters. The van der Waals surface area contributed by atoms with Gasteiger partial charge in [0.15, 0.2) is 17.5 Å². The van der Waals surface area contributed by atoms with E-state index in [1.807, 2.05) is 24.3 Å². The van der Waals surface area contributed by atoms with Gasteiger partial charge < -0.3 is 26.3 Å². The van der Waals surface area contributed by atoms with E-state index < -0.39 is 35.2 Å². The summed E-state index contributed by atoms with van der Waals surface area (Å²) < 4.78 is 32.4. The van der Waals surface area contributed by atoms with E-state index in [9.17, 15) is 9.59 Å². The number of hydrazine groups is 2. The Labute approximate surface area is 277 Å². The molecule has 2 aromatic carbocycles. The molecule has 260 valence electrons. The molecule has 0 fully saturated rings. The number of halogens is 2. The van der Waals surface area contributed by atoms with Crippen molar-refractivity contribution < 1.29 is 23.3 Å². The van der Waals surface area contributed by atoms with Gasteiger partial charge in [-0.25, -0.2) is 30.4 Å². The van der Waals surface area contributed by atoms with Gasteiger partial charge in [-0.3, -0.25) is 9.59 Å². The van der Waals surface area contributed by atoms with Crippen molar-refractivity contribution >= 4 is 45.3 Å². The second-order valence-electron chi connectivity index (χ2n) is 11.7. The topological polar surface area (TPSA) is 200 Å². The molecule has 14 nitrogen and oxygen atoms in total. The monoisotopic (exact) mass is 669 g/mol. The van der Waals surface area contributed by atoms with Gasteiger partial charge in [-0.1, -0.05) is 31.5 Å². The van der Waals surface area contributed by atoms with Gasteiger partial charge in [-0.15, -0.1) is 0 Å². The molecule has 2 aromatic heterocycles. The number of imidazole rings is 1. The first-order chi connectivity index (χ1) is 22.9. The summed E-state index contributed by atoms with van der Waals surface area (Å²) in [5, 5.41) is 5.57. The third-order valence-corrected chi connectivity index (χ3v) is 8.02. The first kappa shape index (κ1) is 36.5. The van der Waals surface area contributed by atoms with Crippen LogP contribution in [0.1, 0.15) is 61.6 Å². The van der Waals surface area contributed by atoms with Crippen LogP contribution in [0.3, 0.4) is 0 Å². The molecule has 0 bridgehead atoms. The Morgan fingerprint density at radius 2 is 1.75 bits per heavy atom. The van der Waals surface area contributed by atoms with Crippen LogP contribution < -0.4 is 33.4 Å². The van der Waals surface area contributed by atoms with Gasteiger partial charge in [-0.2, -0.15) is 10.0 Å². The summed E-state index contributed by atoms with van der Waals surface area (Å²) in [5.74, 6) is 8.27. The van der Waals surface area contributed by atoms with Crippen LogP contribution >= 0.6 is 0 Å². The Balaban J connectivity index is 1.34. The molecule has 2 heterocycles. The number of amides is 2. The highest BCUT2D eigenvalue weighted by Gasteiger charge is 2.26. The second-order valence-corrected chi connectivity index (χ2v) is 11.7. The number of anilines is 2. The van der Waals surface area contributed by atoms with Crippen molar-refractivity contribution in [3.8, 4) is 0 Å². The number of nitrogens with zero attached hydrogens (tertiary/aromatic N) is 6. The summed E-state index contributed by atoms with van der Waals surface area (Å²) >= 11 is 0. The second kappa shape index (κ2) is 16.7. The van der Waals surface area contributed by atoms with E-state index in [4.69, 9.17) is 33.1 Å². The molecule has 9 N–H and O–H groups in total. The van der Waals surface area contributed by atoms with Gasteiger partial charge in [0.1, 0.15) is 17.0 Å². The summed E-state index contributed by atoms with van der Waals surface area (Å²) in [6.45, 7) is 3.39. The van der Waals surface area contributed by atoms with Crippen LogP contribution in [0.4, 0.5) is 20.3 Å². The molecule has 0 aliphatic heterocycles. The molecular formula is C32H45F2N11O3. The molecule has 0 aliphatic carbocycles. The van der Waals surface area contributed by atoms with E-state index in [-0.39, 0.29) is 18.5 Å². The van der Waals surface area contributed by atoms with Crippen LogP contribution in [0.15, 0.2) is 36.4 Å². The molecule has 2 amide bonds. The predicted molar refractivity (Wildman–Crippen MR) is 181 cm³/mol. The lowest BCUT2D eigenvalue weighted by Crippen LogP contribution is -2.44.